The van der Waals surface area contributed by atoms with E-state index in [4.69, 9.17) is 15.8 Å². The van der Waals surface area contributed by atoms with Crippen LogP contribution in [0, 0.1) is 10.1 Å². The molecule has 2 aliphatic heterocycles. The SMILES string of the molecule is CN1CCN(c2ccc(N)c(CS(=O)(=O)c3ccccc3)n2)CC1.CN1CCN(c2ccc3n[nH]c(S(=O)(=O)c4ccccc4)c3n2)CC1.Cl.Cl.O=N[O-].[Na+]. The number of nitrogens with zero attached hydrogens (tertiary/aromatic N) is 8. The van der Waals surface area contributed by atoms with Gasteiger partial charge < -0.3 is 35.4 Å². The van der Waals surface area contributed by atoms with Crippen LogP contribution in [0.3, 0.4) is 0 Å². The van der Waals surface area contributed by atoms with Gasteiger partial charge in [-0.05, 0) is 62.6 Å². The second-order valence-electron chi connectivity index (χ2n) is 12.3. The molecule has 0 spiro atoms. The summed E-state index contributed by atoms with van der Waals surface area (Å²) in [4.78, 5) is 26.5. The molecular weight excluding hydrogens is 802 g/mol. The Labute approximate surface area is 355 Å². The molecule has 0 radical (unpaired) electrons. The number of nitrogen functional groups attached to an aromatic ring is 1. The second kappa shape index (κ2) is 21.6. The summed E-state index contributed by atoms with van der Waals surface area (Å²) in [6, 6.07) is 24.1. The molecule has 5 aromatic rings. The third kappa shape index (κ3) is 12.2. The quantitative estimate of drug-likeness (QED) is 0.133. The summed E-state index contributed by atoms with van der Waals surface area (Å²) in [5, 5.41) is 15.8. The fourth-order valence-electron chi connectivity index (χ4n) is 5.70. The number of rotatable bonds is 7. The molecule has 5 heterocycles. The Morgan fingerprint density at radius 2 is 1.16 bits per heavy atom. The van der Waals surface area contributed by atoms with Gasteiger partial charge in [0.05, 0.1) is 26.9 Å². The summed E-state index contributed by atoms with van der Waals surface area (Å²) in [6.07, 6.45) is 0. The van der Waals surface area contributed by atoms with Crippen molar-refractivity contribution in [2.45, 2.75) is 20.6 Å². The van der Waals surface area contributed by atoms with E-state index < -0.39 is 19.7 Å². The first-order valence-electron chi connectivity index (χ1n) is 16.4. The summed E-state index contributed by atoms with van der Waals surface area (Å²) in [6.45, 7) is 7.33. The van der Waals surface area contributed by atoms with Gasteiger partial charge in [0.1, 0.15) is 22.7 Å². The van der Waals surface area contributed by atoms with Crippen LogP contribution in [0.15, 0.2) is 105 Å². The molecule has 0 atom stereocenters. The smallest absolute Gasteiger partial charge is 0.444 e. The number of benzene rings is 2. The average Bonchev–Trinajstić information content (AvgIpc) is 3.59. The van der Waals surface area contributed by atoms with Crippen molar-refractivity contribution in [1.82, 2.24) is 30.0 Å². The fourth-order valence-corrected chi connectivity index (χ4v) is 8.35. The number of H-pyrrole nitrogens is 1. The molecule has 7 rings (SSSR count). The Morgan fingerprint density at radius 3 is 1.67 bits per heavy atom. The van der Waals surface area contributed by atoms with E-state index in [2.05, 4.69) is 53.9 Å². The average molecular weight is 846 g/mol. The van der Waals surface area contributed by atoms with Crippen LogP contribution in [0.25, 0.3) is 11.0 Å². The summed E-state index contributed by atoms with van der Waals surface area (Å²) in [5.41, 5.74) is 7.73. The van der Waals surface area contributed by atoms with E-state index in [1.54, 1.807) is 66.7 Å². The summed E-state index contributed by atoms with van der Waals surface area (Å²) >= 11 is 0. The number of aromatic amines is 1. The summed E-state index contributed by atoms with van der Waals surface area (Å²) in [5.74, 6) is 1.38. The second-order valence-corrected chi connectivity index (χ2v) is 16.2. The Kier molecular flexibility index (Phi) is 18.7. The van der Waals surface area contributed by atoms with Gasteiger partial charge in [-0.2, -0.15) is 5.10 Å². The Balaban J connectivity index is 0.000000338. The van der Waals surface area contributed by atoms with Gasteiger partial charge in [0.15, 0.2) is 14.9 Å². The van der Waals surface area contributed by atoms with Crippen LogP contribution in [-0.2, 0) is 25.4 Å². The predicted molar refractivity (Wildman–Crippen MR) is 215 cm³/mol. The molecule has 3 N–H and O–H groups in total. The standard InChI is InChI=1S/C17H19N5O2S.C17H22N4O2S.2ClH.HNO2.Na/c1-21-9-11-22(12-10-21)15-8-7-14-16(18-15)17(20-19-14)25(23,24)13-5-3-2-4-6-13;1-20-9-11-21(12-10-20)17-8-7-15(18)16(19-17)13-24(22,23)14-5-3-2-4-6-14;;;2-1-3;/h2-8H,9-12H2,1H3,(H,19,20);2-8H,9-13,18H2,1H3;2*1H;(H,2,3);/q;;;;;+1/p-1. The van der Waals surface area contributed by atoms with Crippen molar-refractivity contribution in [3.05, 3.63) is 101 Å². The zero-order valence-corrected chi connectivity index (χ0v) is 36.0. The molecule has 2 aromatic carbocycles. The van der Waals surface area contributed by atoms with Crippen LogP contribution >= 0.6 is 24.8 Å². The maximum Gasteiger partial charge on any atom is 1.00 e. The van der Waals surface area contributed by atoms with E-state index in [-0.39, 0.29) is 74.9 Å². The summed E-state index contributed by atoms with van der Waals surface area (Å²) in [7, 11) is -2.97. The van der Waals surface area contributed by atoms with Gasteiger partial charge in [0.2, 0.25) is 9.84 Å². The maximum absolute atomic E-state index is 12.9. The first-order chi connectivity index (χ1) is 24.9. The van der Waals surface area contributed by atoms with Crippen molar-refractivity contribution < 1.29 is 46.4 Å². The minimum atomic E-state index is -3.69. The van der Waals surface area contributed by atoms with Gasteiger partial charge in [-0.15, -0.1) is 30.2 Å². The molecule has 21 heteroatoms. The van der Waals surface area contributed by atoms with Crippen molar-refractivity contribution in [3.8, 4) is 0 Å². The Morgan fingerprint density at radius 1 is 0.709 bits per heavy atom. The maximum atomic E-state index is 12.9. The van der Waals surface area contributed by atoms with E-state index in [1.165, 1.54) is 0 Å². The zero-order valence-electron chi connectivity index (χ0n) is 30.7. The van der Waals surface area contributed by atoms with Crippen molar-refractivity contribution >= 4 is 72.8 Å². The molecule has 0 amide bonds. The number of nitrogens with two attached hydrogens (primary N) is 1. The summed E-state index contributed by atoms with van der Waals surface area (Å²) < 4.78 is 51.0. The minimum Gasteiger partial charge on any atom is -0.444 e. The van der Waals surface area contributed by atoms with Crippen molar-refractivity contribution in [3.63, 3.8) is 0 Å². The monoisotopic (exact) mass is 844 g/mol. The van der Waals surface area contributed by atoms with Crippen molar-refractivity contribution in [1.29, 1.82) is 0 Å². The molecule has 292 valence electrons. The topological polar surface area (TPSA) is 214 Å². The van der Waals surface area contributed by atoms with Crippen LogP contribution in [0.1, 0.15) is 5.69 Å². The van der Waals surface area contributed by atoms with Gasteiger partial charge in [0.25, 0.3) is 0 Å². The molecule has 55 heavy (non-hydrogen) atoms. The van der Waals surface area contributed by atoms with Gasteiger partial charge >= 0.3 is 29.6 Å². The number of hydrogen-bond acceptors (Lipinski definition) is 15. The third-order valence-corrected chi connectivity index (χ3v) is 12.1. The van der Waals surface area contributed by atoms with Crippen LogP contribution in [-0.4, -0.2) is 113 Å². The molecule has 0 bridgehead atoms. The number of anilines is 3. The fraction of sp³-hybridized carbons (Fsp3) is 0.324. The molecule has 2 aliphatic rings. The Bertz CT molecular complexity index is 2170. The van der Waals surface area contributed by atoms with Gasteiger partial charge in [-0.1, -0.05) is 36.4 Å². The molecular formula is C34H43Cl2N10NaO6S2. The van der Waals surface area contributed by atoms with Crippen molar-refractivity contribution in [2.24, 2.45) is 5.34 Å². The molecule has 2 saturated heterocycles. The van der Waals surface area contributed by atoms with Crippen molar-refractivity contribution in [2.75, 3.05) is 82.0 Å². The first kappa shape index (κ1) is 47.6. The predicted octanol–water partition coefficient (Wildman–Crippen LogP) is 1.03. The molecule has 2 fully saturated rings. The number of sulfone groups is 2. The van der Waals surface area contributed by atoms with Gasteiger partial charge in [-0.25, -0.2) is 26.8 Å². The van der Waals surface area contributed by atoms with E-state index in [1.807, 2.05) is 18.2 Å². The molecule has 0 saturated carbocycles. The molecule has 0 unspecified atom stereocenters. The first-order valence-corrected chi connectivity index (χ1v) is 19.6. The normalized spacial score (nSPS) is 14.8. The van der Waals surface area contributed by atoms with E-state index in [9.17, 15) is 16.8 Å². The van der Waals surface area contributed by atoms with Crippen LogP contribution in [0.2, 0.25) is 0 Å². The number of nitrogens with one attached hydrogen (secondary N) is 1. The van der Waals surface area contributed by atoms with Crippen LogP contribution < -0.4 is 45.1 Å². The number of aromatic nitrogens is 4. The minimum absolute atomic E-state index is 0. The number of piperazine rings is 2. The zero-order chi connectivity index (χ0) is 37.3. The third-order valence-electron chi connectivity index (χ3n) is 8.75. The van der Waals surface area contributed by atoms with E-state index in [0.717, 1.165) is 69.3 Å². The number of likely N-dealkylation sites (N-methyl/N-ethyl adjacent to an activating group) is 2. The largest absolute Gasteiger partial charge is 1.00 e. The molecule has 16 nitrogen and oxygen atoms in total. The van der Waals surface area contributed by atoms with E-state index in [0.29, 0.717) is 22.4 Å². The van der Waals surface area contributed by atoms with Gasteiger partial charge in [0, 0.05) is 52.4 Å². The van der Waals surface area contributed by atoms with Crippen LogP contribution in [0.4, 0.5) is 17.3 Å². The number of fused-ring (bicyclic) bond motifs is 1. The number of halogens is 2. The number of pyridine rings is 2. The molecule has 3 aromatic heterocycles. The Hall–Kier alpha value is -3.59. The van der Waals surface area contributed by atoms with E-state index >= 15 is 0 Å². The van der Waals surface area contributed by atoms with Crippen LogP contribution in [0.5, 0.6) is 0 Å². The van der Waals surface area contributed by atoms with Gasteiger partial charge in [-0.3, -0.25) is 5.10 Å². The molecule has 0 aliphatic carbocycles. The number of hydrogen-bond donors (Lipinski definition) is 2.